The number of carbonyl (C=O) groups is 1. The van der Waals surface area contributed by atoms with Gasteiger partial charge in [0, 0.05) is 18.7 Å². The molecule has 0 fully saturated rings. The molecule has 17 heavy (non-hydrogen) atoms. The van der Waals surface area contributed by atoms with Gasteiger partial charge in [0.2, 0.25) is 5.91 Å². The minimum Gasteiger partial charge on any atom is -0.496 e. The number of ether oxygens (including phenoxy) is 1. The van der Waals surface area contributed by atoms with Gasteiger partial charge in [-0.15, -0.1) is 0 Å². The number of likely N-dealkylation sites (N-methyl/N-ethyl adjacent to an activating group) is 1. The van der Waals surface area contributed by atoms with Gasteiger partial charge in [-0.3, -0.25) is 9.69 Å². The Morgan fingerprint density at radius 3 is 2.71 bits per heavy atom. The van der Waals surface area contributed by atoms with Gasteiger partial charge in [-0.05, 0) is 24.7 Å². The summed E-state index contributed by atoms with van der Waals surface area (Å²) >= 11 is 0. The lowest BCUT2D eigenvalue weighted by molar-refractivity contribution is -0.118. The Morgan fingerprint density at radius 2 is 2.18 bits per heavy atom. The standard InChI is InChI=1S/C12H19N3O2/c1-15(8-12(14)16)7-9-3-4-11(17-2)10(5-9)6-13/h3-5H,6-8,13H2,1-2H3,(H2,14,16). The summed E-state index contributed by atoms with van der Waals surface area (Å²) in [6, 6.07) is 5.82. The van der Waals surface area contributed by atoms with Crippen LogP contribution in [0.2, 0.25) is 0 Å². The van der Waals surface area contributed by atoms with Gasteiger partial charge in [0.05, 0.1) is 13.7 Å². The highest BCUT2D eigenvalue weighted by Gasteiger charge is 2.06. The predicted octanol–water partition coefficient (Wildman–Crippen LogP) is 0.0710. The van der Waals surface area contributed by atoms with Crippen molar-refractivity contribution in [2.45, 2.75) is 13.1 Å². The molecule has 0 saturated carbocycles. The van der Waals surface area contributed by atoms with E-state index in [-0.39, 0.29) is 12.5 Å². The van der Waals surface area contributed by atoms with E-state index >= 15 is 0 Å². The van der Waals surface area contributed by atoms with E-state index in [0.29, 0.717) is 13.1 Å². The monoisotopic (exact) mass is 237 g/mol. The van der Waals surface area contributed by atoms with Crippen LogP contribution in [0.25, 0.3) is 0 Å². The van der Waals surface area contributed by atoms with E-state index in [9.17, 15) is 4.79 Å². The summed E-state index contributed by atoms with van der Waals surface area (Å²) in [5, 5.41) is 0. The Morgan fingerprint density at radius 1 is 1.47 bits per heavy atom. The highest BCUT2D eigenvalue weighted by molar-refractivity contribution is 5.75. The number of carbonyl (C=O) groups excluding carboxylic acids is 1. The summed E-state index contributed by atoms with van der Waals surface area (Å²) in [6.45, 7) is 1.32. The van der Waals surface area contributed by atoms with Crippen LogP contribution in [0.5, 0.6) is 5.75 Å². The van der Waals surface area contributed by atoms with E-state index in [2.05, 4.69) is 0 Å². The second kappa shape index (κ2) is 6.22. The molecule has 1 aromatic carbocycles. The maximum Gasteiger partial charge on any atom is 0.231 e. The molecule has 5 nitrogen and oxygen atoms in total. The van der Waals surface area contributed by atoms with Crippen molar-refractivity contribution >= 4 is 5.91 Å². The first-order chi connectivity index (χ1) is 8.06. The van der Waals surface area contributed by atoms with Crippen LogP contribution in [0.15, 0.2) is 18.2 Å². The molecule has 0 saturated heterocycles. The van der Waals surface area contributed by atoms with Crippen molar-refractivity contribution in [2.24, 2.45) is 11.5 Å². The van der Waals surface area contributed by atoms with Gasteiger partial charge in [-0.1, -0.05) is 6.07 Å². The van der Waals surface area contributed by atoms with Gasteiger partial charge >= 0.3 is 0 Å². The Labute approximate surface area is 101 Å². The summed E-state index contributed by atoms with van der Waals surface area (Å²) in [6.07, 6.45) is 0. The topological polar surface area (TPSA) is 81.6 Å². The first kappa shape index (κ1) is 13.5. The van der Waals surface area contributed by atoms with Gasteiger partial charge in [0.1, 0.15) is 5.75 Å². The van der Waals surface area contributed by atoms with Crippen molar-refractivity contribution in [3.63, 3.8) is 0 Å². The quantitative estimate of drug-likeness (QED) is 0.733. The summed E-state index contributed by atoms with van der Waals surface area (Å²) in [5.74, 6) is 0.453. The van der Waals surface area contributed by atoms with Crippen LogP contribution < -0.4 is 16.2 Å². The first-order valence-corrected chi connectivity index (χ1v) is 5.39. The minimum absolute atomic E-state index is 0.240. The Hall–Kier alpha value is -1.59. The first-order valence-electron chi connectivity index (χ1n) is 5.39. The number of nitrogens with zero attached hydrogens (tertiary/aromatic N) is 1. The van der Waals surface area contributed by atoms with E-state index in [1.165, 1.54) is 0 Å². The lowest BCUT2D eigenvalue weighted by Gasteiger charge is -2.16. The van der Waals surface area contributed by atoms with Crippen molar-refractivity contribution in [1.29, 1.82) is 0 Å². The number of primary amides is 1. The van der Waals surface area contributed by atoms with Crippen LogP contribution >= 0.6 is 0 Å². The predicted molar refractivity (Wildman–Crippen MR) is 66.4 cm³/mol. The number of hydrogen-bond acceptors (Lipinski definition) is 4. The molecule has 5 heteroatoms. The van der Waals surface area contributed by atoms with E-state index in [0.717, 1.165) is 16.9 Å². The number of methoxy groups -OCH3 is 1. The molecule has 0 atom stereocenters. The van der Waals surface area contributed by atoms with Gasteiger partial charge in [-0.25, -0.2) is 0 Å². The Balaban J connectivity index is 2.75. The second-order valence-electron chi connectivity index (χ2n) is 3.99. The number of amides is 1. The lowest BCUT2D eigenvalue weighted by atomic mass is 10.1. The molecule has 1 aromatic rings. The van der Waals surface area contributed by atoms with Crippen LogP contribution in [0.4, 0.5) is 0 Å². The number of benzene rings is 1. The summed E-state index contributed by atoms with van der Waals surface area (Å²) < 4.78 is 5.19. The molecular formula is C12H19N3O2. The van der Waals surface area contributed by atoms with Crippen molar-refractivity contribution in [3.8, 4) is 5.75 Å². The molecule has 0 aliphatic rings. The van der Waals surface area contributed by atoms with Crippen molar-refractivity contribution < 1.29 is 9.53 Å². The highest BCUT2D eigenvalue weighted by Crippen LogP contribution is 2.19. The normalized spacial score (nSPS) is 10.6. The van der Waals surface area contributed by atoms with Gasteiger partial charge in [-0.2, -0.15) is 0 Å². The second-order valence-corrected chi connectivity index (χ2v) is 3.99. The summed E-state index contributed by atoms with van der Waals surface area (Å²) in [5.41, 5.74) is 12.8. The molecule has 0 heterocycles. The fourth-order valence-corrected chi connectivity index (χ4v) is 1.72. The number of nitrogens with two attached hydrogens (primary N) is 2. The molecule has 0 unspecified atom stereocenters. The third-order valence-electron chi connectivity index (χ3n) is 2.44. The molecule has 0 spiro atoms. The maximum atomic E-state index is 10.8. The van der Waals surface area contributed by atoms with Crippen LogP contribution in [0.3, 0.4) is 0 Å². The van der Waals surface area contributed by atoms with Crippen LogP contribution in [0, 0.1) is 0 Å². The van der Waals surface area contributed by atoms with Crippen molar-refractivity contribution in [3.05, 3.63) is 29.3 Å². The lowest BCUT2D eigenvalue weighted by Crippen LogP contribution is -2.30. The van der Waals surface area contributed by atoms with Crippen molar-refractivity contribution in [2.75, 3.05) is 20.7 Å². The fraction of sp³-hybridized carbons (Fsp3) is 0.417. The molecule has 0 aliphatic heterocycles. The van der Waals surface area contributed by atoms with Crippen LogP contribution in [-0.2, 0) is 17.9 Å². The average molecular weight is 237 g/mol. The van der Waals surface area contributed by atoms with Crippen LogP contribution in [-0.4, -0.2) is 31.5 Å². The molecular weight excluding hydrogens is 218 g/mol. The molecule has 0 aromatic heterocycles. The molecule has 4 N–H and O–H groups in total. The molecule has 0 radical (unpaired) electrons. The molecule has 1 rings (SSSR count). The molecule has 0 aliphatic carbocycles. The summed E-state index contributed by atoms with van der Waals surface area (Å²) in [4.78, 5) is 12.6. The molecule has 0 bridgehead atoms. The van der Waals surface area contributed by atoms with Gasteiger partial charge in [0.25, 0.3) is 0 Å². The third-order valence-corrected chi connectivity index (χ3v) is 2.44. The smallest absolute Gasteiger partial charge is 0.231 e. The zero-order valence-electron chi connectivity index (χ0n) is 10.3. The zero-order valence-corrected chi connectivity index (χ0v) is 10.3. The molecule has 1 amide bonds. The van der Waals surface area contributed by atoms with E-state index in [1.54, 1.807) is 7.11 Å². The van der Waals surface area contributed by atoms with E-state index in [1.807, 2.05) is 30.1 Å². The maximum absolute atomic E-state index is 10.8. The zero-order chi connectivity index (χ0) is 12.8. The van der Waals surface area contributed by atoms with Crippen molar-refractivity contribution in [1.82, 2.24) is 4.90 Å². The highest BCUT2D eigenvalue weighted by atomic mass is 16.5. The SMILES string of the molecule is COc1ccc(CN(C)CC(N)=O)cc1CN. The largest absolute Gasteiger partial charge is 0.496 e. The Kier molecular flexibility index (Phi) is 4.93. The Bertz CT molecular complexity index is 393. The number of rotatable bonds is 6. The number of hydrogen-bond donors (Lipinski definition) is 2. The average Bonchev–Trinajstić information content (AvgIpc) is 2.27. The third kappa shape index (κ3) is 4.05. The van der Waals surface area contributed by atoms with Gasteiger partial charge < -0.3 is 16.2 Å². The minimum atomic E-state index is -0.333. The van der Waals surface area contributed by atoms with Crippen LogP contribution in [0.1, 0.15) is 11.1 Å². The fourth-order valence-electron chi connectivity index (χ4n) is 1.72. The molecule has 94 valence electrons. The van der Waals surface area contributed by atoms with E-state index < -0.39 is 0 Å². The summed E-state index contributed by atoms with van der Waals surface area (Å²) in [7, 11) is 3.46. The van der Waals surface area contributed by atoms with E-state index in [4.69, 9.17) is 16.2 Å². The van der Waals surface area contributed by atoms with Gasteiger partial charge in [0.15, 0.2) is 0 Å².